The molecule has 2 aromatic heterocycles. The number of Topliss-reactive ketones (excluding diaryl/α,β-unsaturated/α-hetero) is 1. The molecular weight excluding hydrogens is 346 g/mol. The fraction of sp³-hybridized carbons (Fsp3) is 0.235. The van der Waals surface area contributed by atoms with E-state index in [0.717, 1.165) is 18.2 Å². The number of rotatable bonds is 5. The van der Waals surface area contributed by atoms with Gasteiger partial charge < -0.3 is 4.74 Å². The summed E-state index contributed by atoms with van der Waals surface area (Å²) in [5, 5.41) is 4.03. The number of hydrogen-bond donors (Lipinski definition) is 0. The standard InChI is InChI=1S/C17H14F2N4O3/c1-9-12(10(2)23-17(22-9)20-8-21-23)6-16(25)26-7-15(24)11-3-4-13(18)14(19)5-11/h3-5,8H,6-7H2,1-2H3. The van der Waals surface area contributed by atoms with Crippen LogP contribution in [0.15, 0.2) is 24.5 Å². The van der Waals surface area contributed by atoms with E-state index in [2.05, 4.69) is 15.1 Å². The fourth-order valence-corrected chi connectivity index (χ4v) is 2.51. The summed E-state index contributed by atoms with van der Waals surface area (Å²) < 4.78 is 32.5. The maximum Gasteiger partial charge on any atom is 0.310 e. The van der Waals surface area contributed by atoms with Crippen molar-refractivity contribution in [1.82, 2.24) is 19.6 Å². The number of nitrogens with zero attached hydrogens (tertiary/aromatic N) is 4. The van der Waals surface area contributed by atoms with Gasteiger partial charge in [0, 0.05) is 22.5 Å². The first kappa shape index (κ1) is 17.6. The Kier molecular flexibility index (Phi) is 4.70. The molecule has 0 aliphatic carbocycles. The Balaban J connectivity index is 1.67. The predicted molar refractivity (Wildman–Crippen MR) is 85.6 cm³/mol. The molecule has 3 rings (SSSR count). The molecule has 0 aliphatic heterocycles. The summed E-state index contributed by atoms with van der Waals surface area (Å²) >= 11 is 0. The summed E-state index contributed by atoms with van der Waals surface area (Å²) in [6.45, 7) is 2.93. The number of aryl methyl sites for hydroxylation is 2. The molecule has 0 bridgehead atoms. The molecule has 0 N–H and O–H groups in total. The van der Waals surface area contributed by atoms with E-state index >= 15 is 0 Å². The monoisotopic (exact) mass is 360 g/mol. The zero-order valence-corrected chi connectivity index (χ0v) is 14.0. The van der Waals surface area contributed by atoms with Crippen LogP contribution in [0.25, 0.3) is 5.78 Å². The molecule has 0 amide bonds. The van der Waals surface area contributed by atoms with E-state index in [4.69, 9.17) is 4.74 Å². The molecule has 134 valence electrons. The molecule has 0 spiro atoms. The maximum absolute atomic E-state index is 13.2. The van der Waals surface area contributed by atoms with Gasteiger partial charge in [-0.25, -0.2) is 18.3 Å². The van der Waals surface area contributed by atoms with E-state index in [1.807, 2.05) is 0 Å². The third-order valence-corrected chi connectivity index (χ3v) is 3.92. The van der Waals surface area contributed by atoms with Crippen molar-refractivity contribution in [2.75, 3.05) is 6.61 Å². The molecule has 7 nitrogen and oxygen atoms in total. The summed E-state index contributed by atoms with van der Waals surface area (Å²) in [6, 6.07) is 2.74. The van der Waals surface area contributed by atoms with Crippen molar-refractivity contribution in [3.05, 3.63) is 58.7 Å². The topological polar surface area (TPSA) is 86.4 Å². The normalized spacial score (nSPS) is 10.9. The maximum atomic E-state index is 13.2. The minimum atomic E-state index is -1.14. The van der Waals surface area contributed by atoms with Crippen LogP contribution in [0.3, 0.4) is 0 Å². The van der Waals surface area contributed by atoms with Crippen LogP contribution < -0.4 is 0 Å². The zero-order chi connectivity index (χ0) is 18.8. The van der Waals surface area contributed by atoms with E-state index in [0.29, 0.717) is 22.7 Å². The lowest BCUT2D eigenvalue weighted by Crippen LogP contribution is -2.18. The van der Waals surface area contributed by atoms with Gasteiger partial charge in [-0.2, -0.15) is 10.1 Å². The van der Waals surface area contributed by atoms with Crippen molar-refractivity contribution in [1.29, 1.82) is 0 Å². The highest BCUT2D eigenvalue weighted by molar-refractivity contribution is 5.98. The SMILES string of the molecule is Cc1nc2ncnn2c(C)c1CC(=O)OCC(=O)c1ccc(F)c(F)c1. The minimum absolute atomic E-state index is 0.0743. The first-order valence-corrected chi connectivity index (χ1v) is 7.66. The summed E-state index contributed by atoms with van der Waals surface area (Å²) in [4.78, 5) is 32.2. The van der Waals surface area contributed by atoms with Crippen molar-refractivity contribution >= 4 is 17.5 Å². The van der Waals surface area contributed by atoms with Gasteiger partial charge in [-0.3, -0.25) is 9.59 Å². The number of carbonyl (C=O) groups is 2. The van der Waals surface area contributed by atoms with Crippen LogP contribution in [0.1, 0.15) is 27.3 Å². The fourth-order valence-electron chi connectivity index (χ4n) is 2.51. The Hall–Kier alpha value is -3.23. The molecule has 0 saturated carbocycles. The molecule has 0 unspecified atom stereocenters. The van der Waals surface area contributed by atoms with Gasteiger partial charge >= 0.3 is 5.97 Å². The number of carbonyl (C=O) groups excluding carboxylic acids is 2. The Morgan fingerprint density at radius 1 is 1.19 bits per heavy atom. The van der Waals surface area contributed by atoms with Gasteiger partial charge in [0.25, 0.3) is 5.78 Å². The van der Waals surface area contributed by atoms with Gasteiger partial charge in [0.2, 0.25) is 0 Å². The summed E-state index contributed by atoms with van der Waals surface area (Å²) in [7, 11) is 0. The summed E-state index contributed by atoms with van der Waals surface area (Å²) in [5.74, 6) is -3.05. The van der Waals surface area contributed by atoms with Crippen LogP contribution >= 0.6 is 0 Å². The van der Waals surface area contributed by atoms with E-state index in [9.17, 15) is 18.4 Å². The average molecular weight is 360 g/mol. The number of ketones is 1. The van der Waals surface area contributed by atoms with Crippen LogP contribution in [0, 0.1) is 25.5 Å². The lowest BCUT2D eigenvalue weighted by molar-refractivity contribution is -0.141. The largest absolute Gasteiger partial charge is 0.457 e. The van der Waals surface area contributed by atoms with Crippen molar-refractivity contribution < 1.29 is 23.1 Å². The number of aromatic nitrogens is 4. The molecule has 0 fully saturated rings. The van der Waals surface area contributed by atoms with Crippen molar-refractivity contribution in [3.63, 3.8) is 0 Å². The van der Waals surface area contributed by atoms with Gasteiger partial charge in [0.15, 0.2) is 24.0 Å². The van der Waals surface area contributed by atoms with Crippen molar-refractivity contribution in [2.45, 2.75) is 20.3 Å². The second kappa shape index (κ2) is 6.95. The highest BCUT2D eigenvalue weighted by Crippen LogP contribution is 2.14. The second-order valence-corrected chi connectivity index (χ2v) is 5.62. The molecule has 2 heterocycles. The van der Waals surface area contributed by atoms with Crippen LogP contribution in [0.2, 0.25) is 0 Å². The first-order valence-electron chi connectivity index (χ1n) is 7.66. The molecule has 0 radical (unpaired) electrons. The van der Waals surface area contributed by atoms with Crippen molar-refractivity contribution in [3.8, 4) is 0 Å². The lowest BCUT2D eigenvalue weighted by Gasteiger charge is -2.10. The van der Waals surface area contributed by atoms with E-state index < -0.39 is 30.0 Å². The van der Waals surface area contributed by atoms with Gasteiger partial charge in [-0.05, 0) is 32.0 Å². The van der Waals surface area contributed by atoms with Crippen LogP contribution in [0.4, 0.5) is 8.78 Å². The minimum Gasteiger partial charge on any atom is -0.457 e. The summed E-state index contributed by atoms with van der Waals surface area (Å²) in [6.07, 6.45) is 1.25. The predicted octanol–water partition coefficient (Wildman–Crippen LogP) is 1.99. The molecular formula is C17H14F2N4O3. The number of benzene rings is 1. The Labute approximate surface area is 146 Å². The second-order valence-electron chi connectivity index (χ2n) is 5.62. The number of esters is 1. The molecule has 9 heteroatoms. The molecule has 0 saturated heterocycles. The van der Waals surface area contributed by atoms with Gasteiger partial charge in [-0.1, -0.05) is 0 Å². The molecule has 3 aromatic rings. The Bertz CT molecular complexity index is 1020. The van der Waals surface area contributed by atoms with Crippen molar-refractivity contribution in [2.24, 2.45) is 0 Å². The highest BCUT2D eigenvalue weighted by Gasteiger charge is 2.17. The highest BCUT2D eigenvalue weighted by atomic mass is 19.2. The van der Waals surface area contributed by atoms with Gasteiger partial charge in [0.05, 0.1) is 6.42 Å². The molecule has 26 heavy (non-hydrogen) atoms. The number of hydrogen-bond acceptors (Lipinski definition) is 6. The number of ether oxygens (including phenoxy) is 1. The summed E-state index contributed by atoms with van der Waals surface area (Å²) in [5.41, 5.74) is 1.84. The smallest absolute Gasteiger partial charge is 0.310 e. The quantitative estimate of drug-likeness (QED) is 0.511. The van der Waals surface area contributed by atoms with Crippen LogP contribution in [-0.2, 0) is 16.0 Å². The zero-order valence-electron chi connectivity index (χ0n) is 14.0. The van der Waals surface area contributed by atoms with E-state index in [-0.39, 0.29) is 12.0 Å². The van der Waals surface area contributed by atoms with Crippen LogP contribution in [0.5, 0.6) is 0 Å². The third-order valence-electron chi connectivity index (χ3n) is 3.92. The third kappa shape index (κ3) is 3.41. The average Bonchev–Trinajstić information content (AvgIpc) is 3.07. The van der Waals surface area contributed by atoms with Gasteiger partial charge in [0.1, 0.15) is 6.33 Å². The number of fused-ring (bicyclic) bond motifs is 1. The first-order chi connectivity index (χ1) is 12.4. The lowest BCUT2D eigenvalue weighted by atomic mass is 10.1. The molecule has 1 aromatic carbocycles. The van der Waals surface area contributed by atoms with E-state index in [1.165, 1.54) is 10.8 Å². The Morgan fingerprint density at radius 3 is 2.69 bits per heavy atom. The van der Waals surface area contributed by atoms with E-state index in [1.54, 1.807) is 13.8 Å². The molecule has 0 atom stereocenters. The Morgan fingerprint density at radius 2 is 1.96 bits per heavy atom. The van der Waals surface area contributed by atoms with Crippen LogP contribution in [-0.4, -0.2) is 37.9 Å². The molecule has 0 aliphatic rings. The number of halogens is 2. The van der Waals surface area contributed by atoms with Gasteiger partial charge in [-0.15, -0.1) is 0 Å².